The van der Waals surface area contributed by atoms with E-state index in [9.17, 15) is 9.59 Å². The van der Waals surface area contributed by atoms with Crippen molar-refractivity contribution in [1.82, 2.24) is 15.0 Å². The van der Waals surface area contributed by atoms with Crippen LogP contribution in [-0.2, 0) is 11.3 Å². The Bertz CT molecular complexity index is 984. The largest absolute Gasteiger partial charge is 0.481 e. The fourth-order valence-corrected chi connectivity index (χ4v) is 3.72. The van der Waals surface area contributed by atoms with E-state index < -0.39 is 5.97 Å². The van der Waals surface area contributed by atoms with E-state index >= 15 is 0 Å². The van der Waals surface area contributed by atoms with Gasteiger partial charge in [-0.1, -0.05) is 30.5 Å². The SMILES string of the molecule is Nc1ccc(-c2ccsc2)cc1NC(=O)c1cn(CCCCCCCC(=O)O)nn1. The second-order valence-corrected chi connectivity index (χ2v) is 7.83. The summed E-state index contributed by atoms with van der Waals surface area (Å²) in [6, 6.07) is 7.56. The molecule has 0 saturated heterocycles. The number of carbonyl (C=O) groups is 2. The molecule has 0 fully saturated rings. The molecule has 0 bridgehead atoms. The Balaban J connectivity index is 1.49. The third-order valence-electron chi connectivity index (χ3n) is 4.71. The lowest BCUT2D eigenvalue weighted by atomic mass is 10.1. The van der Waals surface area contributed by atoms with Crippen LogP contribution in [0.15, 0.2) is 41.2 Å². The molecule has 9 heteroatoms. The molecule has 4 N–H and O–H groups in total. The van der Waals surface area contributed by atoms with E-state index in [1.807, 2.05) is 29.0 Å². The molecular formula is C21H25N5O3S. The number of nitrogens with zero attached hydrogens (tertiary/aromatic N) is 3. The molecule has 0 atom stereocenters. The van der Waals surface area contributed by atoms with Gasteiger partial charge in [0.2, 0.25) is 0 Å². The second kappa shape index (κ2) is 10.5. The number of amides is 1. The summed E-state index contributed by atoms with van der Waals surface area (Å²) >= 11 is 1.61. The van der Waals surface area contributed by atoms with Crippen molar-refractivity contribution in [3.63, 3.8) is 0 Å². The minimum atomic E-state index is -0.747. The first-order valence-electron chi connectivity index (χ1n) is 9.88. The van der Waals surface area contributed by atoms with Crippen LogP contribution in [0, 0.1) is 0 Å². The molecule has 0 unspecified atom stereocenters. The summed E-state index contributed by atoms with van der Waals surface area (Å²) in [5.41, 5.74) is 9.33. The highest BCUT2D eigenvalue weighted by Crippen LogP contribution is 2.28. The number of carboxylic acids is 1. The van der Waals surface area contributed by atoms with Gasteiger partial charge in [-0.2, -0.15) is 11.3 Å². The van der Waals surface area contributed by atoms with Gasteiger partial charge in [0, 0.05) is 13.0 Å². The number of carboxylic acid groups (broad SMARTS) is 1. The Morgan fingerprint density at radius 2 is 1.90 bits per heavy atom. The summed E-state index contributed by atoms with van der Waals surface area (Å²) < 4.78 is 1.65. The maximum atomic E-state index is 12.6. The van der Waals surface area contributed by atoms with E-state index in [1.165, 1.54) is 0 Å². The summed E-state index contributed by atoms with van der Waals surface area (Å²) in [4.78, 5) is 23.0. The van der Waals surface area contributed by atoms with Crippen LogP contribution in [0.4, 0.5) is 11.4 Å². The second-order valence-electron chi connectivity index (χ2n) is 7.05. The van der Waals surface area contributed by atoms with E-state index in [4.69, 9.17) is 10.8 Å². The van der Waals surface area contributed by atoms with Crippen molar-refractivity contribution in [3.05, 3.63) is 46.9 Å². The average molecular weight is 428 g/mol. The summed E-state index contributed by atoms with van der Waals surface area (Å²) in [5.74, 6) is -1.10. The number of thiophene rings is 1. The predicted octanol–water partition coefficient (Wildman–Crippen LogP) is 4.27. The summed E-state index contributed by atoms with van der Waals surface area (Å²) in [6.07, 6.45) is 6.32. The van der Waals surface area contributed by atoms with E-state index in [0.717, 1.165) is 36.8 Å². The molecule has 2 aromatic heterocycles. The van der Waals surface area contributed by atoms with Gasteiger partial charge >= 0.3 is 5.97 Å². The van der Waals surface area contributed by atoms with Gasteiger partial charge in [-0.25, -0.2) is 0 Å². The number of nitrogens with two attached hydrogens (primary N) is 1. The molecule has 2 heterocycles. The normalized spacial score (nSPS) is 10.8. The topological polar surface area (TPSA) is 123 Å². The quantitative estimate of drug-likeness (QED) is 0.310. The Hall–Kier alpha value is -3.20. The van der Waals surface area contributed by atoms with Crippen molar-refractivity contribution in [2.45, 2.75) is 45.1 Å². The molecule has 3 rings (SSSR count). The molecule has 0 aliphatic rings. The zero-order valence-electron chi connectivity index (χ0n) is 16.6. The van der Waals surface area contributed by atoms with Crippen molar-refractivity contribution in [2.75, 3.05) is 11.1 Å². The number of hydrogen-bond acceptors (Lipinski definition) is 6. The summed E-state index contributed by atoms with van der Waals surface area (Å²) in [5, 5.41) is 23.4. The zero-order chi connectivity index (χ0) is 21.3. The van der Waals surface area contributed by atoms with Gasteiger partial charge in [0.25, 0.3) is 5.91 Å². The monoisotopic (exact) mass is 427 g/mol. The number of benzene rings is 1. The highest BCUT2D eigenvalue weighted by atomic mass is 32.1. The Morgan fingerprint density at radius 3 is 2.67 bits per heavy atom. The predicted molar refractivity (Wildman–Crippen MR) is 117 cm³/mol. The van der Waals surface area contributed by atoms with Crippen LogP contribution in [0.1, 0.15) is 49.0 Å². The lowest BCUT2D eigenvalue weighted by Gasteiger charge is -2.09. The fraction of sp³-hybridized carbons (Fsp3) is 0.333. The molecule has 1 aromatic carbocycles. The highest BCUT2D eigenvalue weighted by molar-refractivity contribution is 7.08. The number of aliphatic carboxylic acids is 1. The molecule has 0 saturated carbocycles. The smallest absolute Gasteiger partial charge is 0.303 e. The molecule has 0 aliphatic heterocycles. The molecule has 1 amide bonds. The van der Waals surface area contributed by atoms with E-state index in [0.29, 0.717) is 24.3 Å². The number of nitrogen functional groups attached to an aromatic ring is 1. The maximum Gasteiger partial charge on any atom is 0.303 e. The van der Waals surface area contributed by atoms with Crippen LogP contribution >= 0.6 is 11.3 Å². The van der Waals surface area contributed by atoms with Crippen LogP contribution in [0.2, 0.25) is 0 Å². The Morgan fingerprint density at radius 1 is 1.10 bits per heavy atom. The molecule has 0 spiro atoms. The summed E-state index contributed by atoms with van der Waals surface area (Å²) in [6.45, 7) is 0.662. The highest BCUT2D eigenvalue weighted by Gasteiger charge is 2.13. The standard InChI is InChI=1S/C21H25N5O3S/c22-17-8-7-15(16-9-11-30-14-16)12-18(17)23-21(29)19-13-26(25-24-19)10-5-3-1-2-4-6-20(27)28/h7-9,11-14H,1-6,10,22H2,(H,23,29)(H,27,28). The first-order chi connectivity index (χ1) is 14.5. The van der Waals surface area contributed by atoms with E-state index in [1.54, 1.807) is 28.3 Å². The van der Waals surface area contributed by atoms with Crippen LogP contribution in [0.5, 0.6) is 0 Å². The van der Waals surface area contributed by atoms with Gasteiger partial charge in [0.15, 0.2) is 5.69 Å². The Kier molecular flexibility index (Phi) is 7.56. The number of rotatable bonds is 11. The Labute approximate surface area is 178 Å². The van der Waals surface area contributed by atoms with Crippen LogP contribution in [-0.4, -0.2) is 32.0 Å². The van der Waals surface area contributed by atoms with Gasteiger partial charge in [-0.15, -0.1) is 5.10 Å². The molecule has 3 aromatic rings. The van der Waals surface area contributed by atoms with Gasteiger partial charge in [0.05, 0.1) is 17.6 Å². The maximum absolute atomic E-state index is 12.6. The first kappa shape index (κ1) is 21.5. The van der Waals surface area contributed by atoms with Crippen molar-refractivity contribution in [2.24, 2.45) is 0 Å². The van der Waals surface area contributed by atoms with E-state index in [-0.39, 0.29) is 18.0 Å². The third kappa shape index (κ3) is 6.15. The van der Waals surface area contributed by atoms with Crippen LogP contribution < -0.4 is 11.1 Å². The van der Waals surface area contributed by atoms with Crippen LogP contribution in [0.3, 0.4) is 0 Å². The number of aromatic nitrogens is 3. The van der Waals surface area contributed by atoms with Crippen molar-refractivity contribution in [3.8, 4) is 11.1 Å². The van der Waals surface area contributed by atoms with Crippen molar-refractivity contribution >= 4 is 34.6 Å². The minimum Gasteiger partial charge on any atom is -0.481 e. The number of carbonyl (C=O) groups excluding carboxylic acids is 1. The number of unbranched alkanes of at least 4 members (excludes halogenated alkanes) is 4. The van der Waals surface area contributed by atoms with Gasteiger partial charge in [-0.3, -0.25) is 14.3 Å². The molecule has 0 aliphatic carbocycles. The first-order valence-corrected chi connectivity index (χ1v) is 10.8. The molecule has 158 valence electrons. The summed E-state index contributed by atoms with van der Waals surface area (Å²) in [7, 11) is 0. The molecule has 8 nitrogen and oxygen atoms in total. The number of nitrogens with one attached hydrogen (secondary N) is 1. The van der Waals surface area contributed by atoms with Gasteiger partial charge in [0.1, 0.15) is 0 Å². The molecule has 0 radical (unpaired) electrons. The lowest BCUT2D eigenvalue weighted by molar-refractivity contribution is -0.137. The molecular weight excluding hydrogens is 402 g/mol. The van der Waals surface area contributed by atoms with Crippen molar-refractivity contribution in [1.29, 1.82) is 0 Å². The minimum absolute atomic E-state index is 0.224. The average Bonchev–Trinajstić information content (AvgIpc) is 3.41. The van der Waals surface area contributed by atoms with Gasteiger partial charge < -0.3 is 16.2 Å². The molecule has 30 heavy (non-hydrogen) atoms. The number of anilines is 2. The lowest BCUT2D eigenvalue weighted by Crippen LogP contribution is -2.13. The zero-order valence-corrected chi connectivity index (χ0v) is 17.4. The number of hydrogen-bond donors (Lipinski definition) is 3. The third-order valence-corrected chi connectivity index (χ3v) is 5.39. The fourth-order valence-electron chi connectivity index (χ4n) is 3.05. The van der Waals surface area contributed by atoms with E-state index in [2.05, 4.69) is 15.6 Å². The van der Waals surface area contributed by atoms with Crippen LogP contribution in [0.25, 0.3) is 11.1 Å². The van der Waals surface area contributed by atoms with Crippen molar-refractivity contribution < 1.29 is 14.7 Å². The number of aryl methyl sites for hydroxylation is 1. The van der Waals surface area contributed by atoms with Gasteiger partial charge in [-0.05, 0) is 52.9 Å².